The Morgan fingerprint density at radius 2 is 1.83 bits per heavy atom. The van der Waals surface area contributed by atoms with Crippen LogP contribution in [0.25, 0.3) is 21.6 Å². The monoisotopic (exact) mass is 413 g/mol. The predicted octanol–water partition coefficient (Wildman–Crippen LogP) is 4.48. The van der Waals surface area contributed by atoms with E-state index in [0.29, 0.717) is 6.61 Å². The molecule has 3 aromatic rings. The number of aromatic nitrogens is 1. The Balaban J connectivity index is 1.85. The first-order valence-electron chi connectivity index (χ1n) is 9.07. The lowest BCUT2D eigenvalue weighted by Crippen LogP contribution is -2.25. The second kappa shape index (κ2) is 8.32. The highest BCUT2D eigenvalue weighted by Crippen LogP contribution is 2.34. The number of aryl methyl sites for hydroxylation is 1. The lowest BCUT2D eigenvalue weighted by Gasteiger charge is -2.16. The Bertz CT molecular complexity index is 1040. The molecule has 29 heavy (non-hydrogen) atoms. The Morgan fingerprint density at radius 3 is 2.48 bits per heavy atom. The zero-order valence-electron chi connectivity index (χ0n) is 16.5. The van der Waals surface area contributed by atoms with Gasteiger partial charge in [0.15, 0.2) is 0 Å². The van der Waals surface area contributed by atoms with Crippen LogP contribution >= 0.6 is 11.3 Å². The molecule has 0 amide bonds. The third-order valence-electron chi connectivity index (χ3n) is 4.21. The van der Waals surface area contributed by atoms with Crippen molar-refractivity contribution in [2.45, 2.75) is 33.0 Å². The molecule has 3 N–H and O–H groups in total. The van der Waals surface area contributed by atoms with Gasteiger partial charge < -0.3 is 20.1 Å². The fourth-order valence-electron chi connectivity index (χ4n) is 2.90. The topological polar surface area (TPSA) is 99.9 Å². The number of hydrogen-bond acceptors (Lipinski definition) is 6. The van der Waals surface area contributed by atoms with E-state index in [2.05, 4.69) is 4.98 Å². The second-order valence-electron chi connectivity index (χ2n) is 7.45. The number of carboxylic acid groups (broad SMARTS) is 1. The molecule has 0 fully saturated rings. The standard InChI is InChI=1S/C22H23NO5S/c1-13-20(29-19(23-13)11-28-12-22(2,3)27)16-6-4-5-14(9-16)15-7-8-17(21(25)26)18(24)10-15/h4-10,24,27H,11-12H2,1-3H3,(H,25,26). The molecule has 1 aromatic heterocycles. The van der Waals surface area contributed by atoms with Crippen LogP contribution < -0.4 is 0 Å². The van der Waals surface area contributed by atoms with Crippen molar-refractivity contribution in [3.8, 4) is 27.3 Å². The summed E-state index contributed by atoms with van der Waals surface area (Å²) in [6, 6.07) is 12.3. The molecule has 0 spiro atoms. The number of thiazole rings is 1. The van der Waals surface area contributed by atoms with Crippen molar-refractivity contribution in [3.05, 3.63) is 58.7 Å². The van der Waals surface area contributed by atoms with Crippen molar-refractivity contribution >= 4 is 17.3 Å². The molecule has 0 unspecified atom stereocenters. The normalized spacial score (nSPS) is 11.6. The van der Waals surface area contributed by atoms with Crippen LogP contribution in [0.15, 0.2) is 42.5 Å². The summed E-state index contributed by atoms with van der Waals surface area (Å²) in [5, 5.41) is 29.6. The van der Waals surface area contributed by atoms with Gasteiger partial charge >= 0.3 is 5.97 Å². The van der Waals surface area contributed by atoms with Crippen molar-refractivity contribution < 1.29 is 24.9 Å². The van der Waals surface area contributed by atoms with Gasteiger partial charge in [-0.05, 0) is 55.7 Å². The molecule has 0 aliphatic carbocycles. The third kappa shape index (κ3) is 5.20. The molecule has 0 radical (unpaired) electrons. The first-order chi connectivity index (χ1) is 13.6. The minimum atomic E-state index is -1.16. The molecule has 152 valence electrons. The number of carboxylic acids is 1. The van der Waals surface area contributed by atoms with E-state index in [9.17, 15) is 15.0 Å². The highest BCUT2D eigenvalue weighted by molar-refractivity contribution is 7.15. The average molecular weight is 413 g/mol. The molecular weight excluding hydrogens is 390 g/mol. The number of carbonyl (C=O) groups is 1. The van der Waals surface area contributed by atoms with E-state index in [4.69, 9.17) is 9.84 Å². The molecule has 6 nitrogen and oxygen atoms in total. The fraction of sp³-hybridized carbons (Fsp3) is 0.273. The van der Waals surface area contributed by atoms with Crippen molar-refractivity contribution in [2.24, 2.45) is 0 Å². The maximum Gasteiger partial charge on any atom is 0.339 e. The van der Waals surface area contributed by atoms with E-state index in [1.54, 1.807) is 19.9 Å². The van der Waals surface area contributed by atoms with Gasteiger partial charge in [-0.25, -0.2) is 9.78 Å². The quantitative estimate of drug-likeness (QED) is 0.528. The molecule has 0 aliphatic rings. The Labute approximate surface area is 173 Å². The SMILES string of the molecule is Cc1nc(COCC(C)(C)O)sc1-c1cccc(-c2ccc(C(=O)O)c(O)c2)c1. The largest absolute Gasteiger partial charge is 0.507 e. The molecule has 0 saturated heterocycles. The van der Waals surface area contributed by atoms with E-state index in [1.807, 2.05) is 31.2 Å². The highest BCUT2D eigenvalue weighted by atomic mass is 32.1. The lowest BCUT2D eigenvalue weighted by atomic mass is 10.0. The Morgan fingerprint density at radius 1 is 1.14 bits per heavy atom. The molecule has 0 bridgehead atoms. The Hall–Kier alpha value is -2.74. The number of rotatable bonds is 7. The van der Waals surface area contributed by atoms with Gasteiger partial charge in [-0.2, -0.15) is 0 Å². The van der Waals surface area contributed by atoms with E-state index in [1.165, 1.54) is 23.5 Å². The van der Waals surface area contributed by atoms with E-state index < -0.39 is 11.6 Å². The summed E-state index contributed by atoms with van der Waals surface area (Å²) in [5.74, 6) is -1.43. The van der Waals surface area contributed by atoms with Crippen molar-refractivity contribution in [1.82, 2.24) is 4.98 Å². The first-order valence-corrected chi connectivity index (χ1v) is 9.89. The van der Waals surface area contributed by atoms with Gasteiger partial charge in [-0.3, -0.25) is 0 Å². The maximum absolute atomic E-state index is 11.1. The summed E-state index contributed by atoms with van der Waals surface area (Å²) in [4.78, 5) is 16.7. The van der Waals surface area contributed by atoms with Crippen LogP contribution in [0.4, 0.5) is 0 Å². The Kier molecular flexibility index (Phi) is 6.02. The van der Waals surface area contributed by atoms with Crippen LogP contribution in [-0.4, -0.2) is 38.5 Å². The summed E-state index contributed by atoms with van der Waals surface area (Å²) in [6.07, 6.45) is 0. The van der Waals surface area contributed by atoms with E-state index in [-0.39, 0.29) is 17.9 Å². The number of aliphatic hydroxyl groups is 1. The first kappa shape index (κ1) is 21.0. The van der Waals surface area contributed by atoms with Gasteiger partial charge in [0.25, 0.3) is 0 Å². The van der Waals surface area contributed by atoms with E-state index in [0.717, 1.165) is 32.3 Å². The van der Waals surface area contributed by atoms with Gasteiger partial charge in [-0.15, -0.1) is 11.3 Å². The number of aromatic carboxylic acids is 1. The minimum Gasteiger partial charge on any atom is -0.507 e. The molecule has 2 aromatic carbocycles. The van der Waals surface area contributed by atoms with Crippen LogP contribution in [0.2, 0.25) is 0 Å². The average Bonchev–Trinajstić information content (AvgIpc) is 3.01. The van der Waals surface area contributed by atoms with Gasteiger partial charge in [0, 0.05) is 0 Å². The summed E-state index contributed by atoms with van der Waals surface area (Å²) in [6.45, 7) is 5.88. The van der Waals surface area contributed by atoms with Gasteiger partial charge in [-0.1, -0.05) is 24.3 Å². The van der Waals surface area contributed by atoms with Crippen molar-refractivity contribution in [1.29, 1.82) is 0 Å². The second-order valence-corrected chi connectivity index (χ2v) is 8.53. The number of ether oxygens (including phenoxy) is 1. The summed E-state index contributed by atoms with van der Waals surface area (Å²) >= 11 is 1.53. The zero-order valence-corrected chi connectivity index (χ0v) is 17.3. The van der Waals surface area contributed by atoms with Crippen molar-refractivity contribution in [3.63, 3.8) is 0 Å². The highest BCUT2D eigenvalue weighted by Gasteiger charge is 2.15. The van der Waals surface area contributed by atoms with E-state index >= 15 is 0 Å². The summed E-state index contributed by atoms with van der Waals surface area (Å²) in [7, 11) is 0. The molecule has 0 aliphatic heterocycles. The molecule has 0 saturated carbocycles. The third-order valence-corrected chi connectivity index (χ3v) is 5.39. The summed E-state index contributed by atoms with van der Waals surface area (Å²) in [5.41, 5.74) is 2.45. The fourth-order valence-corrected chi connectivity index (χ4v) is 3.90. The summed E-state index contributed by atoms with van der Waals surface area (Å²) < 4.78 is 5.55. The van der Waals surface area contributed by atoms with Gasteiger partial charge in [0.1, 0.15) is 16.3 Å². The van der Waals surface area contributed by atoms with Gasteiger partial charge in [0.05, 0.1) is 29.4 Å². The molecule has 1 heterocycles. The smallest absolute Gasteiger partial charge is 0.339 e. The molecule has 7 heteroatoms. The van der Waals surface area contributed by atoms with Crippen LogP contribution in [0, 0.1) is 6.92 Å². The van der Waals surface area contributed by atoms with Gasteiger partial charge in [0.2, 0.25) is 0 Å². The number of benzene rings is 2. The zero-order chi connectivity index (χ0) is 21.2. The van der Waals surface area contributed by atoms with Crippen LogP contribution in [0.3, 0.4) is 0 Å². The predicted molar refractivity (Wildman–Crippen MR) is 112 cm³/mol. The van der Waals surface area contributed by atoms with Crippen LogP contribution in [-0.2, 0) is 11.3 Å². The van der Waals surface area contributed by atoms with Crippen LogP contribution in [0.5, 0.6) is 5.75 Å². The number of hydrogen-bond donors (Lipinski definition) is 3. The lowest BCUT2D eigenvalue weighted by molar-refractivity contribution is -0.0269. The van der Waals surface area contributed by atoms with Crippen LogP contribution in [0.1, 0.15) is 34.9 Å². The molecular formula is C22H23NO5S. The number of phenols is 1. The molecule has 3 rings (SSSR count). The molecule has 0 atom stereocenters. The number of aromatic hydroxyl groups is 1. The maximum atomic E-state index is 11.1. The minimum absolute atomic E-state index is 0.126. The number of nitrogens with zero attached hydrogens (tertiary/aromatic N) is 1. The van der Waals surface area contributed by atoms with Crippen molar-refractivity contribution in [2.75, 3.05) is 6.61 Å².